The number of ether oxygens (including phenoxy) is 1. The van der Waals surface area contributed by atoms with E-state index in [-0.39, 0.29) is 0 Å². The Bertz CT molecular complexity index is 657. The second-order valence-corrected chi connectivity index (χ2v) is 8.81. The Balaban J connectivity index is 1.23. The van der Waals surface area contributed by atoms with Crippen LogP contribution in [0.2, 0.25) is 0 Å². The molecule has 136 valence electrons. The molecule has 1 saturated heterocycles. The SMILES string of the molecule is C1Cc2sc3c(c2C1)C(NC1CCC(N2CCOCC2)CC1)=NCN3. The van der Waals surface area contributed by atoms with E-state index in [0.29, 0.717) is 6.04 Å². The predicted molar refractivity (Wildman–Crippen MR) is 103 cm³/mol. The van der Waals surface area contributed by atoms with Gasteiger partial charge in [-0.25, -0.2) is 4.99 Å². The standard InChI is InChI=1S/C19H28N4OS/c1-2-15-16(3-1)25-19-17(15)18(20-12-21-19)22-13-4-6-14(7-5-13)23-8-10-24-11-9-23/h13-14,21H,1-12H2,(H,20,22). The van der Waals surface area contributed by atoms with Crippen LogP contribution in [0.5, 0.6) is 0 Å². The smallest absolute Gasteiger partial charge is 0.133 e. The van der Waals surface area contributed by atoms with E-state index in [1.807, 2.05) is 11.3 Å². The molecule has 0 amide bonds. The first-order chi connectivity index (χ1) is 12.4. The molecule has 0 aromatic carbocycles. The van der Waals surface area contributed by atoms with Crippen molar-refractivity contribution in [3.63, 3.8) is 0 Å². The van der Waals surface area contributed by atoms with Crippen LogP contribution in [0.1, 0.15) is 48.1 Å². The zero-order valence-corrected chi connectivity index (χ0v) is 15.7. The number of morpholine rings is 1. The first-order valence-corrected chi connectivity index (χ1v) is 10.7. The lowest BCUT2D eigenvalue weighted by Crippen LogP contribution is -2.48. The monoisotopic (exact) mass is 360 g/mol. The van der Waals surface area contributed by atoms with Crippen LogP contribution < -0.4 is 10.6 Å². The number of fused-ring (bicyclic) bond motifs is 3. The van der Waals surface area contributed by atoms with Gasteiger partial charge in [-0.2, -0.15) is 0 Å². The van der Waals surface area contributed by atoms with Crippen molar-refractivity contribution >= 4 is 22.2 Å². The van der Waals surface area contributed by atoms with Gasteiger partial charge in [-0.05, 0) is 50.5 Å². The highest BCUT2D eigenvalue weighted by molar-refractivity contribution is 7.16. The van der Waals surface area contributed by atoms with Gasteiger partial charge in [0.15, 0.2) is 0 Å². The van der Waals surface area contributed by atoms with Gasteiger partial charge in [0.25, 0.3) is 0 Å². The number of aryl methyl sites for hydroxylation is 1. The van der Waals surface area contributed by atoms with Crippen LogP contribution in [0, 0.1) is 0 Å². The lowest BCUT2D eigenvalue weighted by Gasteiger charge is -2.39. The number of aliphatic imine (C=N–C) groups is 1. The fourth-order valence-corrected chi connectivity index (χ4v) is 6.17. The third-order valence-electron chi connectivity index (χ3n) is 6.23. The molecule has 0 radical (unpaired) electrons. The van der Waals surface area contributed by atoms with Gasteiger partial charge in [-0.1, -0.05) is 0 Å². The molecule has 2 fully saturated rings. The van der Waals surface area contributed by atoms with Crippen molar-refractivity contribution in [3.05, 3.63) is 16.0 Å². The van der Waals surface area contributed by atoms with Crippen molar-refractivity contribution < 1.29 is 4.74 Å². The first kappa shape index (κ1) is 16.1. The van der Waals surface area contributed by atoms with E-state index in [1.165, 1.54) is 61.3 Å². The zero-order valence-electron chi connectivity index (χ0n) is 14.9. The second-order valence-electron chi connectivity index (χ2n) is 7.70. The summed E-state index contributed by atoms with van der Waals surface area (Å²) in [5.74, 6) is 1.17. The Morgan fingerprint density at radius 1 is 1.12 bits per heavy atom. The molecule has 1 aromatic heterocycles. The van der Waals surface area contributed by atoms with E-state index >= 15 is 0 Å². The molecule has 0 unspecified atom stereocenters. The van der Waals surface area contributed by atoms with Gasteiger partial charge < -0.3 is 15.4 Å². The largest absolute Gasteiger partial charge is 0.379 e. The van der Waals surface area contributed by atoms with Crippen LogP contribution in [0.4, 0.5) is 5.00 Å². The quantitative estimate of drug-likeness (QED) is 0.851. The molecule has 1 aromatic rings. The third kappa shape index (κ3) is 3.09. The summed E-state index contributed by atoms with van der Waals surface area (Å²) < 4.78 is 5.50. The van der Waals surface area contributed by atoms with Gasteiger partial charge in [0.2, 0.25) is 0 Å². The average molecular weight is 361 g/mol. The number of hydrogen-bond donors (Lipinski definition) is 2. The molecule has 4 aliphatic rings. The summed E-state index contributed by atoms with van der Waals surface area (Å²) in [5, 5.41) is 8.66. The number of nitrogens with one attached hydrogen (secondary N) is 2. The first-order valence-electron chi connectivity index (χ1n) is 9.90. The van der Waals surface area contributed by atoms with Crippen molar-refractivity contribution in [2.45, 2.75) is 57.0 Å². The molecule has 1 saturated carbocycles. The van der Waals surface area contributed by atoms with Crippen molar-refractivity contribution in [3.8, 4) is 0 Å². The summed E-state index contributed by atoms with van der Waals surface area (Å²) in [6, 6.07) is 1.34. The van der Waals surface area contributed by atoms with Crippen LogP contribution in [0.15, 0.2) is 4.99 Å². The maximum absolute atomic E-state index is 5.50. The van der Waals surface area contributed by atoms with Crippen LogP contribution in [-0.4, -0.2) is 55.8 Å². The molecule has 5 nitrogen and oxygen atoms in total. The fourth-order valence-electron chi connectivity index (χ4n) is 4.89. The maximum atomic E-state index is 5.50. The van der Waals surface area contributed by atoms with Gasteiger partial charge in [0, 0.05) is 30.1 Å². The molecule has 0 spiro atoms. The Morgan fingerprint density at radius 3 is 2.80 bits per heavy atom. The molecule has 6 heteroatoms. The third-order valence-corrected chi connectivity index (χ3v) is 7.48. The van der Waals surface area contributed by atoms with Gasteiger partial charge in [0.1, 0.15) is 17.5 Å². The number of anilines is 1. The Labute approximate surface area is 153 Å². The van der Waals surface area contributed by atoms with Crippen LogP contribution in [0.25, 0.3) is 0 Å². The van der Waals surface area contributed by atoms with Crippen LogP contribution in [0.3, 0.4) is 0 Å². The lowest BCUT2D eigenvalue weighted by atomic mass is 9.89. The van der Waals surface area contributed by atoms with Crippen molar-refractivity contribution in [2.24, 2.45) is 4.99 Å². The zero-order chi connectivity index (χ0) is 16.6. The molecular weight excluding hydrogens is 332 g/mol. The molecule has 2 N–H and O–H groups in total. The van der Waals surface area contributed by atoms with E-state index in [2.05, 4.69) is 15.5 Å². The number of thiophene rings is 1. The van der Waals surface area contributed by atoms with E-state index in [1.54, 1.807) is 10.4 Å². The van der Waals surface area contributed by atoms with E-state index in [4.69, 9.17) is 9.73 Å². The highest BCUT2D eigenvalue weighted by Crippen LogP contribution is 2.40. The van der Waals surface area contributed by atoms with Gasteiger partial charge in [0.05, 0.1) is 18.8 Å². The lowest BCUT2D eigenvalue weighted by molar-refractivity contribution is 0.00704. The maximum Gasteiger partial charge on any atom is 0.133 e. The van der Waals surface area contributed by atoms with Gasteiger partial charge >= 0.3 is 0 Å². The predicted octanol–water partition coefficient (Wildman–Crippen LogP) is 2.60. The number of amidine groups is 1. The minimum Gasteiger partial charge on any atom is -0.379 e. The normalized spacial score (nSPS) is 29.5. The van der Waals surface area contributed by atoms with Gasteiger partial charge in [-0.15, -0.1) is 11.3 Å². The van der Waals surface area contributed by atoms with Gasteiger partial charge in [-0.3, -0.25) is 4.90 Å². The molecule has 25 heavy (non-hydrogen) atoms. The van der Waals surface area contributed by atoms with E-state index in [9.17, 15) is 0 Å². The Morgan fingerprint density at radius 2 is 1.96 bits per heavy atom. The van der Waals surface area contributed by atoms with E-state index in [0.717, 1.165) is 39.0 Å². The number of nitrogens with zero attached hydrogens (tertiary/aromatic N) is 2. The molecule has 0 bridgehead atoms. The summed E-state index contributed by atoms with van der Waals surface area (Å²) in [5.41, 5.74) is 2.97. The number of rotatable bonds is 2. The summed E-state index contributed by atoms with van der Waals surface area (Å²) in [6.45, 7) is 4.77. The Kier molecular flexibility index (Phi) is 4.44. The summed E-state index contributed by atoms with van der Waals surface area (Å²) in [7, 11) is 0. The second kappa shape index (κ2) is 6.89. The molecule has 0 atom stereocenters. The highest BCUT2D eigenvalue weighted by atomic mass is 32.1. The van der Waals surface area contributed by atoms with Crippen molar-refractivity contribution in [2.75, 3.05) is 38.3 Å². The average Bonchev–Trinajstić information content (AvgIpc) is 3.24. The summed E-state index contributed by atoms with van der Waals surface area (Å²) in [6.07, 6.45) is 8.92. The Hall–Kier alpha value is -1.11. The minimum atomic E-state index is 0.582. The summed E-state index contributed by atoms with van der Waals surface area (Å²) in [4.78, 5) is 9.03. The molecule has 5 rings (SSSR count). The highest BCUT2D eigenvalue weighted by Gasteiger charge is 2.31. The fraction of sp³-hybridized carbons (Fsp3) is 0.737. The molecule has 2 aliphatic carbocycles. The number of hydrogen-bond acceptors (Lipinski definition) is 6. The van der Waals surface area contributed by atoms with Crippen molar-refractivity contribution in [1.29, 1.82) is 0 Å². The minimum absolute atomic E-state index is 0.582. The van der Waals surface area contributed by atoms with E-state index < -0.39 is 0 Å². The molecule has 3 heterocycles. The summed E-state index contributed by atoms with van der Waals surface area (Å²) >= 11 is 1.96. The topological polar surface area (TPSA) is 48.9 Å². The van der Waals surface area contributed by atoms with Crippen LogP contribution >= 0.6 is 11.3 Å². The van der Waals surface area contributed by atoms with Crippen LogP contribution in [-0.2, 0) is 17.6 Å². The molecular formula is C19H28N4OS. The van der Waals surface area contributed by atoms with Crippen molar-refractivity contribution in [1.82, 2.24) is 10.2 Å². The molecule has 2 aliphatic heterocycles.